The highest BCUT2D eigenvalue weighted by atomic mass is 35.5. The van der Waals surface area contributed by atoms with Crippen LogP contribution < -0.4 is 10.6 Å². The van der Waals surface area contributed by atoms with Crippen molar-refractivity contribution in [3.05, 3.63) is 99.6 Å². The number of amides is 3. The Labute approximate surface area is 250 Å². The van der Waals surface area contributed by atoms with Crippen LogP contribution in [-0.2, 0) is 27.3 Å². The van der Waals surface area contributed by atoms with E-state index in [-0.39, 0.29) is 37.2 Å². The van der Waals surface area contributed by atoms with Gasteiger partial charge in [0.15, 0.2) is 6.10 Å². The first-order chi connectivity index (χ1) is 20.1. The number of methoxy groups -OCH3 is 1. The molecule has 0 unspecified atom stereocenters. The van der Waals surface area contributed by atoms with E-state index in [1.54, 1.807) is 25.1 Å². The second-order valence-corrected chi connectivity index (χ2v) is 10.9. The third-order valence-electron chi connectivity index (χ3n) is 7.77. The number of ether oxygens (including phenoxy) is 1. The summed E-state index contributed by atoms with van der Waals surface area (Å²) in [6.07, 6.45) is -1.67. The van der Waals surface area contributed by atoms with Gasteiger partial charge < -0.3 is 30.5 Å². The van der Waals surface area contributed by atoms with Crippen LogP contribution in [0.2, 0.25) is 5.02 Å². The van der Waals surface area contributed by atoms with Gasteiger partial charge in [0.25, 0.3) is 11.8 Å². The monoisotopic (exact) mass is 593 g/mol. The fourth-order valence-corrected chi connectivity index (χ4v) is 5.50. The van der Waals surface area contributed by atoms with Crippen LogP contribution in [0.25, 0.3) is 0 Å². The second-order valence-electron chi connectivity index (χ2n) is 10.5. The van der Waals surface area contributed by atoms with Gasteiger partial charge in [-0.25, -0.2) is 0 Å². The molecule has 3 aromatic rings. The van der Waals surface area contributed by atoms with Gasteiger partial charge in [0.2, 0.25) is 5.91 Å². The van der Waals surface area contributed by atoms with E-state index in [0.717, 1.165) is 16.7 Å². The summed E-state index contributed by atoms with van der Waals surface area (Å²) in [5.41, 5.74) is 3.10. The third kappa shape index (κ3) is 7.10. The van der Waals surface area contributed by atoms with Crippen LogP contribution >= 0.6 is 11.6 Å². The molecular weight excluding hydrogens is 558 g/mol. The molecule has 3 amide bonds. The number of nitrogens with zero attached hydrogens (tertiary/aromatic N) is 1. The summed E-state index contributed by atoms with van der Waals surface area (Å²) >= 11 is 6.33. The predicted molar refractivity (Wildman–Crippen MR) is 159 cm³/mol. The molecule has 222 valence electrons. The van der Waals surface area contributed by atoms with Crippen molar-refractivity contribution in [2.75, 3.05) is 13.7 Å². The van der Waals surface area contributed by atoms with Gasteiger partial charge in [-0.15, -0.1) is 0 Å². The molecule has 0 saturated carbocycles. The number of hydrogen-bond acceptors (Lipinski definition) is 6. The van der Waals surface area contributed by atoms with Crippen molar-refractivity contribution >= 4 is 29.3 Å². The van der Waals surface area contributed by atoms with E-state index in [0.29, 0.717) is 10.6 Å². The SMILES string of the molecule is CO[C@@H]1C[C@@H](C(=O)NCc2c(C)cccc2Cl)N(C(=O)[C@@H](O)[C@H](Cc2ccccc2)NC(=O)c2cccc(O)c2C)C1. The van der Waals surface area contributed by atoms with E-state index in [2.05, 4.69) is 10.6 Å². The Morgan fingerprint density at radius 3 is 2.45 bits per heavy atom. The minimum absolute atomic E-state index is 0.0394. The zero-order valence-corrected chi connectivity index (χ0v) is 24.6. The zero-order valence-electron chi connectivity index (χ0n) is 23.8. The largest absolute Gasteiger partial charge is 0.508 e. The van der Waals surface area contributed by atoms with Crippen molar-refractivity contribution < 1.29 is 29.3 Å². The van der Waals surface area contributed by atoms with E-state index < -0.39 is 42.0 Å². The van der Waals surface area contributed by atoms with Gasteiger partial charge in [-0.3, -0.25) is 14.4 Å². The number of benzene rings is 3. The Morgan fingerprint density at radius 1 is 1.05 bits per heavy atom. The topological polar surface area (TPSA) is 128 Å². The summed E-state index contributed by atoms with van der Waals surface area (Å²) in [6.45, 7) is 3.79. The number of phenolic OH excluding ortho intramolecular Hbond substituents is 1. The van der Waals surface area contributed by atoms with Gasteiger partial charge in [0.05, 0.1) is 12.1 Å². The van der Waals surface area contributed by atoms with Crippen molar-refractivity contribution in [3.63, 3.8) is 0 Å². The van der Waals surface area contributed by atoms with Crippen molar-refractivity contribution in [2.24, 2.45) is 0 Å². The van der Waals surface area contributed by atoms with Crippen molar-refractivity contribution in [1.29, 1.82) is 0 Å². The molecule has 0 aliphatic carbocycles. The molecule has 4 rings (SSSR count). The number of nitrogens with one attached hydrogen (secondary N) is 2. The minimum atomic E-state index is -1.66. The summed E-state index contributed by atoms with van der Waals surface area (Å²) in [6, 6.07) is 17.3. The highest BCUT2D eigenvalue weighted by Gasteiger charge is 2.43. The molecule has 1 saturated heterocycles. The normalized spacial score (nSPS) is 17.9. The van der Waals surface area contributed by atoms with Gasteiger partial charge in [-0.1, -0.05) is 60.1 Å². The zero-order chi connectivity index (χ0) is 30.4. The summed E-state index contributed by atoms with van der Waals surface area (Å²) in [4.78, 5) is 41.7. The van der Waals surface area contributed by atoms with Gasteiger partial charge in [0.1, 0.15) is 11.8 Å². The number of hydrogen-bond donors (Lipinski definition) is 4. The van der Waals surface area contributed by atoms with Crippen molar-refractivity contribution in [2.45, 2.75) is 57.5 Å². The molecule has 42 heavy (non-hydrogen) atoms. The van der Waals surface area contributed by atoms with Gasteiger partial charge >= 0.3 is 0 Å². The molecule has 9 nitrogen and oxygen atoms in total. The quantitative estimate of drug-likeness (QED) is 0.286. The maximum absolute atomic E-state index is 13.8. The standard InChI is InChI=1S/C32H36ClN3O6/c1-19-9-7-13-25(33)24(19)17-34-31(40)27-16-22(42-3)18-36(27)32(41)29(38)26(15-21-10-5-4-6-11-21)35-30(39)23-12-8-14-28(37)20(23)2/h4-14,22,26-27,29,37-38H,15-18H2,1-3H3,(H,34,40)(H,35,39)/t22-,26+,27+,29+/m1/s1. The van der Waals surface area contributed by atoms with Gasteiger partial charge in [-0.2, -0.15) is 0 Å². The molecule has 0 spiro atoms. The highest BCUT2D eigenvalue weighted by Crippen LogP contribution is 2.25. The molecule has 0 bridgehead atoms. The molecule has 10 heteroatoms. The Kier molecular flexibility index (Phi) is 10.2. The van der Waals surface area contributed by atoms with E-state index in [1.807, 2.05) is 49.4 Å². The molecule has 0 radical (unpaired) electrons. The predicted octanol–water partition coefficient (Wildman–Crippen LogP) is 3.30. The lowest BCUT2D eigenvalue weighted by Gasteiger charge is -2.30. The summed E-state index contributed by atoms with van der Waals surface area (Å²) < 4.78 is 5.49. The lowest BCUT2D eigenvalue weighted by atomic mass is 9.98. The van der Waals surface area contributed by atoms with Crippen LogP contribution in [0.15, 0.2) is 66.7 Å². The molecule has 1 heterocycles. The molecule has 1 aliphatic rings. The van der Waals surface area contributed by atoms with Gasteiger partial charge in [-0.05, 0) is 55.2 Å². The number of carbonyl (C=O) groups excluding carboxylic acids is 3. The third-order valence-corrected chi connectivity index (χ3v) is 8.13. The van der Waals surface area contributed by atoms with E-state index in [1.165, 1.54) is 18.1 Å². The average Bonchev–Trinajstić information content (AvgIpc) is 3.42. The first-order valence-corrected chi connectivity index (χ1v) is 14.1. The average molecular weight is 594 g/mol. The van der Waals surface area contributed by atoms with Crippen LogP contribution in [0.3, 0.4) is 0 Å². The second kappa shape index (κ2) is 13.8. The van der Waals surface area contributed by atoms with E-state index >= 15 is 0 Å². The maximum atomic E-state index is 13.8. The fraction of sp³-hybridized carbons (Fsp3) is 0.344. The first-order valence-electron chi connectivity index (χ1n) is 13.8. The van der Waals surface area contributed by atoms with Crippen LogP contribution in [0.5, 0.6) is 5.75 Å². The van der Waals surface area contributed by atoms with E-state index in [4.69, 9.17) is 16.3 Å². The van der Waals surface area contributed by atoms with E-state index in [9.17, 15) is 24.6 Å². The maximum Gasteiger partial charge on any atom is 0.254 e. The van der Waals surface area contributed by atoms with Crippen LogP contribution in [-0.4, -0.2) is 70.8 Å². The number of aliphatic hydroxyl groups is 1. The lowest BCUT2D eigenvalue weighted by Crippen LogP contribution is -2.55. The fourth-order valence-electron chi connectivity index (χ4n) is 5.21. The Hall–Kier alpha value is -3.92. The Bertz CT molecular complexity index is 1410. The lowest BCUT2D eigenvalue weighted by molar-refractivity contribution is -0.146. The number of aryl methyl sites for hydroxylation is 1. The minimum Gasteiger partial charge on any atom is -0.508 e. The molecule has 1 aliphatic heterocycles. The highest BCUT2D eigenvalue weighted by molar-refractivity contribution is 6.31. The van der Waals surface area contributed by atoms with Gasteiger partial charge in [0, 0.05) is 42.8 Å². The number of carbonyl (C=O) groups is 3. The molecular formula is C32H36ClN3O6. The van der Waals surface area contributed by atoms with Crippen molar-refractivity contribution in [3.8, 4) is 5.75 Å². The number of likely N-dealkylation sites (tertiary alicyclic amines) is 1. The number of phenols is 1. The van der Waals surface area contributed by atoms with Crippen LogP contribution in [0.4, 0.5) is 0 Å². The number of halogens is 1. The van der Waals surface area contributed by atoms with Crippen molar-refractivity contribution in [1.82, 2.24) is 15.5 Å². The summed E-state index contributed by atoms with van der Waals surface area (Å²) in [5.74, 6) is -1.68. The Morgan fingerprint density at radius 2 is 1.76 bits per heavy atom. The number of aliphatic hydroxyl groups excluding tert-OH is 1. The Balaban J connectivity index is 1.55. The smallest absolute Gasteiger partial charge is 0.254 e. The van der Waals surface area contributed by atoms with Crippen LogP contribution in [0, 0.1) is 13.8 Å². The molecule has 1 fully saturated rings. The first kappa shape index (κ1) is 31.0. The molecule has 0 aromatic heterocycles. The molecule has 3 aromatic carbocycles. The van der Waals surface area contributed by atoms with Crippen LogP contribution in [0.1, 0.15) is 39.0 Å². The molecule has 4 N–H and O–H groups in total. The summed E-state index contributed by atoms with van der Waals surface area (Å²) in [5, 5.41) is 27.7. The number of rotatable bonds is 10. The summed E-state index contributed by atoms with van der Waals surface area (Å²) in [7, 11) is 1.51. The molecule has 4 atom stereocenters. The number of aromatic hydroxyl groups is 1.